The fourth-order valence-corrected chi connectivity index (χ4v) is 2.08. The van der Waals surface area contributed by atoms with Crippen molar-refractivity contribution in [1.29, 1.82) is 0 Å². The SMILES string of the molecule is CCOC(CCSc1nccc(=O)[nH]1)OCC. The summed E-state index contributed by atoms with van der Waals surface area (Å²) in [6.07, 6.45) is 2.10. The van der Waals surface area contributed by atoms with E-state index in [1.807, 2.05) is 13.8 Å². The normalized spacial score (nSPS) is 11.0. The van der Waals surface area contributed by atoms with Crippen LogP contribution in [0.25, 0.3) is 0 Å². The van der Waals surface area contributed by atoms with Crippen LogP contribution >= 0.6 is 11.8 Å². The van der Waals surface area contributed by atoms with Crippen LogP contribution in [-0.2, 0) is 9.47 Å². The van der Waals surface area contributed by atoms with Gasteiger partial charge in [0.25, 0.3) is 5.56 Å². The molecule has 0 aliphatic carbocycles. The number of aromatic nitrogens is 2. The topological polar surface area (TPSA) is 64.2 Å². The lowest BCUT2D eigenvalue weighted by molar-refractivity contribution is -0.136. The molecule has 0 aliphatic heterocycles. The summed E-state index contributed by atoms with van der Waals surface area (Å²) in [5, 5.41) is 0.629. The number of hydrogen-bond acceptors (Lipinski definition) is 5. The van der Waals surface area contributed by atoms with Crippen LogP contribution in [0.3, 0.4) is 0 Å². The molecule has 0 saturated carbocycles. The number of nitrogens with one attached hydrogen (secondary N) is 1. The molecule has 1 aromatic rings. The van der Waals surface area contributed by atoms with Gasteiger partial charge in [0, 0.05) is 37.7 Å². The number of ether oxygens (including phenoxy) is 2. The van der Waals surface area contributed by atoms with E-state index in [4.69, 9.17) is 9.47 Å². The first-order valence-electron chi connectivity index (χ1n) is 5.67. The van der Waals surface area contributed by atoms with Crippen molar-refractivity contribution in [1.82, 2.24) is 9.97 Å². The number of nitrogens with zero attached hydrogens (tertiary/aromatic N) is 1. The molecule has 0 unspecified atom stereocenters. The Labute approximate surface area is 105 Å². The van der Waals surface area contributed by atoms with Crippen LogP contribution in [0.1, 0.15) is 20.3 Å². The third kappa shape index (κ3) is 5.86. The van der Waals surface area contributed by atoms with E-state index in [1.54, 1.807) is 0 Å². The number of hydrogen-bond donors (Lipinski definition) is 1. The molecule has 0 radical (unpaired) electrons. The summed E-state index contributed by atoms with van der Waals surface area (Å²) in [5.41, 5.74) is -0.131. The molecule has 0 spiro atoms. The van der Waals surface area contributed by atoms with Crippen LogP contribution < -0.4 is 5.56 Å². The minimum absolute atomic E-state index is 0.131. The van der Waals surface area contributed by atoms with Crippen molar-refractivity contribution in [2.75, 3.05) is 19.0 Å². The van der Waals surface area contributed by atoms with E-state index < -0.39 is 0 Å². The van der Waals surface area contributed by atoms with Gasteiger partial charge in [-0.15, -0.1) is 0 Å². The second-order valence-corrected chi connectivity index (χ2v) is 4.30. The molecule has 5 nitrogen and oxygen atoms in total. The highest BCUT2D eigenvalue weighted by Gasteiger charge is 2.08. The van der Waals surface area contributed by atoms with Gasteiger partial charge in [0.1, 0.15) is 0 Å². The van der Waals surface area contributed by atoms with E-state index in [0.29, 0.717) is 18.4 Å². The Bertz CT molecular complexity index is 364. The van der Waals surface area contributed by atoms with E-state index >= 15 is 0 Å². The molecule has 1 N–H and O–H groups in total. The van der Waals surface area contributed by atoms with Crippen LogP contribution in [-0.4, -0.2) is 35.2 Å². The van der Waals surface area contributed by atoms with Gasteiger partial charge < -0.3 is 14.5 Å². The van der Waals surface area contributed by atoms with Crippen molar-refractivity contribution < 1.29 is 9.47 Å². The zero-order chi connectivity index (χ0) is 12.5. The molecule has 0 bridgehead atoms. The Kier molecular flexibility index (Phi) is 6.91. The first kappa shape index (κ1) is 14.2. The lowest BCUT2D eigenvalue weighted by Crippen LogP contribution is -2.18. The maximum absolute atomic E-state index is 11.0. The van der Waals surface area contributed by atoms with Crippen LogP contribution in [0.2, 0.25) is 0 Å². The lowest BCUT2D eigenvalue weighted by Gasteiger charge is -2.16. The average Bonchev–Trinajstić information content (AvgIpc) is 2.30. The van der Waals surface area contributed by atoms with Gasteiger partial charge in [-0.25, -0.2) is 4.98 Å². The number of aromatic amines is 1. The van der Waals surface area contributed by atoms with E-state index in [-0.39, 0.29) is 11.8 Å². The highest BCUT2D eigenvalue weighted by molar-refractivity contribution is 7.99. The molecule has 96 valence electrons. The summed E-state index contributed by atoms with van der Waals surface area (Å²) in [7, 11) is 0. The van der Waals surface area contributed by atoms with Crippen molar-refractivity contribution >= 4 is 11.8 Å². The molecular formula is C11H18N2O3S. The van der Waals surface area contributed by atoms with E-state index in [9.17, 15) is 4.79 Å². The Morgan fingerprint density at radius 1 is 1.41 bits per heavy atom. The minimum Gasteiger partial charge on any atom is -0.353 e. The van der Waals surface area contributed by atoms with Crippen molar-refractivity contribution in [2.45, 2.75) is 31.7 Å². The van der Waals surface area contributed by atoms with Crippen LogP contribution in [0, 0.1) is 0 Å². The quantitative estimate of drug-likeness (QED) is 0.436. The van der Waals surface area contributed by atoms with Crippen molar-refractivity contribution in [2.24, 2.45) is 0 Å². The third-order valence-electron chi connectivity index (χ3n) is 1.95. The average molecular weight is 258 g/mol. The molecule has 1 rings (SSSR count). The molecule has 0 atom stereocenters. The predicted octanol–water partition coefficient (Wildman–Crippen LogP) is 1.65. The van der Waals surface area contributed by atoms with Crippen molar-refractivity contribution in [3.05, 3.63) is 22.6 Å². The highest BCUT2D eigenvalue weighted by Crippen LogP contribution is 2.14. The molecule has 6 heteroatoms. The van der Waals surface area contributed by atoms with E-state index in [1.165, 1.54) is 24.0 Å². The fraction of sp³-hybridized carbons (Fsp3) is 0.636. The van der Waals surface area contributed by atoms with E-state index in [0.717, 1.165) is 12.2 Å². The van der Waals surface area contributed by atoms with Gasteiger partial charge in [-0.3, -0.25) is 4.79 Å². The Hall–Kier alpha value is -0.850. The molecular weight excluding hydrogens is 240 g/mol. The summed E-state index contributed by atoms with van der Waals surface area (Å²) in [4.78, 5) is 17.7. The maximum Gasteiger partial charge on any atom is 0.251 e. The van der Waals surface area contributed by atoms with Gasteiger partial charge in [-0.05, 0) is 13.8 Å². The second kappa shape index (κ2) is 8.27. The standard InChI is InChI=1S/C11H18N2O3S/c1-3-15-10(16-4-2)6-8-17-11-12-7-5-9(14)13-11/h5,7,10H,3-4,6,8H2,1-2H3,(H,12,13,14). The summed E-state index contributed by atoms with van der Waals surface area (Å²) >= 11 is 1.49. The van der Waals surface area contributed by atoms with Crippen molar-refractivity contribution in [3.63, 3.8) is 0 Å². The summed E-state index contributed by atoms with van der Waals surface area (Å²) < 4.78 is 10.8. The monoisotopic (exact) mass is 258 g/mol. The van der Waals surface area contributed by atoms with Gasteiger partial charge in [-0.2, -0.15) is 0 Å². The minimum atomic E-state index is -0.173. The fourth-order valence-electron chi connectivity index (χ4n) is 1.26. The van der Waals surface area contributed by atoms with Gasteiger partial charge in [-0.1, -0.05) is 11.8 Å². The van der Waals surface area contributed by atoms with Gasteiger partial charge in [0.05, 0.1) is 0 Å². The predicted molar refractivity (Wildman–Crippen MR) is 67.2 cm³/mol. The molecule has 1 aromatic heterocycles. The Balaban J connectivity index is 2.32. The lowest BCUT2D eigenvalue weighted by atomic mass is 10.5. The molecule has 1 heterocycles. The second-order valence-electron chi connectivity index (χ2n) is 3.22. The van der Waals surface area contributed by atoms with Crippen molar-refractivity contribution in [3.8, 4) is 0 Å². The molecule has 0 aromatic carbocycles. The highest BCUT2D eigenvalue weighted by atomic mass is 32.2. The molecule has 0 aliphatic rings. The largest absolute Gasteiger partial charge is 0.353 e. The van der Waals surface area contributed by atoms with Gasteiger partial charge in [0.2, 0.25) is 0 Å². The molecule has 0 fully saturated rings. The first-order chi connectivity index (χ1) is 8.26. The summed E-state index contributed by atoms with van der Waals surface area (Å²) in [6.45, 7) is 5.15. The Morgan fingerprint density at radius 3 is 2.71 bits per heavy atom. The summed E-state index contributed by atoms with van der Waals surface area (Å²) in [5.74, 6) is 0.789. The van der Waals surface area contributed by atoms with Crippen LogP contribution in [0.5, 0.6) is 0 Å². The van der Waals surface area contributed by atoms with Crippen LogP contribution in [0.4, 0.5) is 0 Å². The Morgan fingerprint density at radius 2 is 2.12 bits per heavy atom. The third-order valence-corrected chi connectivity index (χ3v) is 2.87. The van der Waals surface area contributed by atoms with Gasteiger partial charge >= 0.3 is 0 Å². The van der Waals surface area contributed by atoms with Gasteiger partial charge in [0.15, 0.2) is 11.4 Å². The molecule has 0 amide bonds. The molecule has 17 heavy (non-hydrogen) atoms. The zero-order valence-corrected chi connectivity index (χ0v) is 11.0. The number of thioether (sulfide) groups is 1. The number of rotatable bonds is 8. The molecule has 0 saturated heterocycles. The zero-order valence-electron chi connectivity index (χ0n) is 10.1. The van der Waals surface area contributed by atoms with E-state index in [2.05, 4.69) is 9.97 Å². The number of H-pyrrole nitrogens is 1. The van der Waals surface area contributed by atoms with Crippen LogP contribution in [0.15, 0.2) is 22.2 Å². The maximum atomic E-state index is 11.0. The smallest absolute Gasteiger partial charge is 0.251 e. The first-order valence-corrected chi connectivity index (χ1v) is 6.66. The summed E-state index contributed by atoms with van der Waals surface area (Å²) in [6, 6.07) is 1.40.